The van der Waals surface area contributed by atoms with E-state index in [-0.39, 0.29) is 24.5 Å². The fourth-order valence-electron chi connectivity index (χ4n) is 4.92. The number of aromatic nitrogens is 1. The van der Waals surface area contributed by atoms with Crippen LogP contribution in [0.3, 0.4) is 0 Å². The van der Waals surface area contributed by atoms with Crippen LogP contribution in [0.5, 0.6) is 0 Å². The summed E-state index contributed by atoms with van der Waals surface area (Å²) in [6.07, 6.45) is 7.08. The Morgan fingerprint density at radius 2 is 1.90 bits per heavy atom. The molecule has 6 nitrogen and oxygen atoms in total. The zero-order chi connectivity index (χ0) is 21.1. The Morgan fingerprint density at radius 1 is 1.13 bits per heavy atom. The average Bonchev–Trinajstić information content (AvgIpc) is 3.18. The Kier molecular flexibility index (Phi) is 5.84. The lowest BCUT2D eigenvalue weighted by Crippen LogP contribution is -2.55. The van der Waals surface area contributed by atoms with Crippen molar-refractivity contribution in [3.8, 4) is 5.69 Å². The summed E-state index contributed by atoms with van der Waals surface area (Å²) < 4.78 is 7.38. The first-order valence-corrected chi connectivity index (χ1v) is 11.0. The van der Waals surface area contributed by atoms with E-state index in [2.05, 4.69) is 41.2 Å². The second kappa shape index (κ2) is 8.54. The Balaban J connectivity index is 1.61. The van der Waals surface area contributed by atoms with Gasteiger partial charge in [-0.3, -0.25) is 4.79 Å². The van der Waals surface area contributed by atoms with Crippen molar-refractivity contribution in [2.45, 2.75) is 70.5 Å². The molecule has 6 heteroatoms. The average molecular weight is 410 g/mol. The molecule has 0 spiro atoms. The highest BCUT2D eigenvalue weighted by Crippen LogP contribution is 2.35. The number of hydrogen-bond acceptors (Lipinski definition) is 3. The van der Waals surface area contributed by atoms with E-state index < -0.39 is 5.54 Å². The lowest BCUT2D eigenvalue weighted by atomic mass is 9.79. The molecule has 1 aliphatic carbocycles. The molecule has 1 fully saturated rings. The number of amides is 2. The van der Waals surface area contributed by atoms with Crippen LogP contribution in [0.4, 0.5) is 4.79 Å². The van der Waals surface area contributed by atoms with E-state index in [4.69, 9.17) is 4.74 Å². The molecule has 160 valence electrons. The zero-order valence-electron chi connectivity index (χ0n) is 17.9. The number of nitrogens with zero attached hydrogens (tertiary/aromatic N) is 2. The number of urea groups is 1. The lowest BCUT2D eigenvalue weighted by Gasteiger charge is -2.40. The second-order valence-corrected chi connectivity index (χ2v) is 8.49. The molecule has 1 saturated carbocycles. The summed E-state index contributed by atoms with van der Waals surface area (Å²) in [4.78, 5) is 27.8. The molecule has 30 heavy (non-hydrogen) atoms. The maximum atomic E-state index is 13.6. The first kappa shape index (κ1) is 20.5. The molecule has 1 N–H and O–H groups in total. The summed E-state index contributed by atoms with van der Waals surface area (Å²) in [5.74, 6) is -0.233. The molecule has 0 saturated heterocycles. The van der Waals surface area contributed by atoms with Gasteiger partial charge in [0.1, 0.15) is 0 Å². The summed E-state index contributed by atoms with van der Waals surface area (Å²) in [6, 6.07) is 12.1. The summed E-state index contributed by atoms with van der Waals surface area (Å²) in [7, 11) is 0. The minimum absolute atomic E-state index is 0.0874. The molecule has 0 radical (unpaired) electrons. The van der Waals surface area contributed by atoms with Gasteiger partial charge in [0.05, 0.1) is 36.8 Å². The Hall–Kier alpha value is -2.76. The first-order valence-electron chi connectivity index (χ1n) is 11.0. The third-order valence-electron chi connectivity index (χ3n) is 6.50. The van der Waals surface area contributed by atoms with Crippen molar-refractivity contribution in [1.29, 1.82) is 0 Å². The van der Waals surface area contributed by atoms with Crippen LogP contribution in [-0.2, 0) is 16.1 Å². The summed E-state index contributed by atoms with van der Waals surface area (Å²) in [6.45, 7) is 4.77. The number of ether oxygens (including phenoxy) is 1. The van der Waals surface area contributed by atoms with Gasteiger partial charge >= 0.3 is 12.0 Å². The number of fused-ring (bicyclic) bond motifs is 3. The molecule has 2 amide bonds. The first-order chi connectivity index (χ1) is 14.5. The summed E-state index contributed by atoms with van der Waals surface area (Å²) in [5, 5.41) is 3.28. The van der Waals surface area contributed by atoms with Crippen LogP contribution < -0.4 is 5.32 Å². The monoisotopic (exact) mass is 409 g/mol. The molecular formula is C24H31N3O3. The number of carbonyl (C=O) groups excluding carboxylic acids is 2. The maximum Gasteiger partial charge on any atom is 0.318 e. The standard InChI is InChI=1S/C24H31N3O3/c1-3-30-22(28)16-24(13-7-4-8-14-24)25-23(29)27-17-19-10-5-6-11-21(19)26-15-9-12-20(26)18(27)2/h5-6,9-12,15,18H,3-4,7-8,13-14,16-17H2,1-2H3,(H,25,29). The van der Waals surface area contributed by atoms with E-state index in [0.717, 1.165) is 49.0 Å². The number of carbonyl (C=O) groups is 2. The number of para-hydroxylation sites is 1. The molecule has 2 aliphatic rings. The molecule has 1 atom stereocenters. The number of esters is 1. The van der Waals surface area contributed by atoms with Gasteiger partial charge in [-0.1, -0.05) is 37.5 Å². The van der Waals surface area contributed by atoms with Crippen LogP contribution in [0.25, 0.3) is 5.69 Å². The molecule has 0 bridgehead atoms. The van der Waals surface area contributed by atoms with E-state index in [0.29, 0.717) is 13.2 Å². The van der Waals surface area contributed by atoms with Crippen molar-refractivity contribution in [3.05, 3.63) is 53.9 Å². The minimum atomic E-state index is -0.519. The van der Waals surface area contributed by atoms with Crippen LogP contribution in [0.2, 0.25) is 0 Å². The maximum absolute atomic E-state index is 13.6. The van der Waals surface area contributed by atoms with Gasteiger partial charge in [-0.25, -0.2) is 4.79 Å². The highest BCUT2D eigenvalue weighted by molar-refractivity contribution is 5.78. The Labute approximate surface area is 178 Å². The second-order valence-electron chi connectivity index (χ2n) is 8.49. The molecule has 1 aromatic carbocycles. The van der Waals surface area contributed by atoms with Crippen LogP contribution in [0.15, 0.2) is 42.6 Å². The highest BCUT2D eigenvalue weighted by atomic mass is 16.5. The van der Waals surface area contributed by atoms with Gasteiger partial charge < -0.3 is 19.5 Å². The van der Waals surface area contributed by atoms with Gasteiger partial charge in [0.2, 0.25) is 0 Å². The van der Waals surface area contributed by atoms with Crippen molar-refractivity contribution >= 4 is 12.0 Å². The quantitative estimate of drug-likeness (QED) is 0.743. The lowest BCUT2D eigenvalue weighted by molar-refractivity contribution is -0.145. The van der Waals surface area contributed by atoms with Gasteiger partial charge in [0.25, 0.3) is 0 Å². The van der Waals surface area contributed by atoms with Crippen LogP contribution in [0.1, 0.15) is 69.7 Å². The smallest absolute Gasteiger partial charge is 0.318 e. The van der Waals surface area contributed by atoms with Gasteiger partial charge in [0.15, 0.2) is 0 Å². The van der Waals surface area contributed by atoms with Crippen LogP contribution in [-0.4, -0.2) is 33.6 Å². The third kappa shape index (κ3) is 3.95. The summed E-state index contributed by atoms with van der Waals surface area (Å²) >= 11 is 0. The van der Waals surface area contributed by atoms with Crippen molar-refractivity contribution in [2.75, 3.05) is 6.61 Å². The van der Waals surface area contributed by atoms with Crippen LogP contribution >= 0.6 is 0 Å². The van der Waals surface area contributed by atoms with Crippen molar-refractivity contribution < 1.29 is 14.3 Å². The van der Waals surface area contributed by atoms with Gasteiger partial charge in [-0.15, -0.1) is 0 Å². The van der Waals surface area contributed by atoms with E-state index in [1.165, 1.54) is 0 Å². The predicted octanol–water partition coefficient (Wildman–Crippen LogP) is 4.72. The van der Waals surface area contributed by atoms with E-state index in [1.807, 2.05) is 30.0 Å². The molecular weight excluding hydrogens is 378 g/mol. The summed E-state index contributed by atoms with van der Waals surface area (Å²) in [5.41, 5.74) is 2.78. The van der Waals surface area contributed by atoms with E-state index in [9.17, 15) is 9.59 Å². The molecule has 1 aliphatic heterocycles. The van der Waals surface area contributed by atoms with Crippen molar-refractivity contribution in [2.24, 2.45) is 0 Å². The molecule has 1 unspecified atom stereocenters. The third-order valence-corrected chi connectivity index (χ3v) is 6.50. The molecule has 1 aromatic heterocycles. The fraction of sp³-hybridized carbons (Fsp3) is 0.500. The van der Waals surface area contributed by atoms with Crippen molar-refractivity contribution in [1.82, 2.24) is 14.8 Å². The van der Waals surface area contributed by atoms with E-state index in [1.54, 1.807) is 0 Å². The number of nitrogens with one attached hydrogen (secondary N) is 1. The van der Waals surface area contributed by atoms with Crippen molar-refractivity contribution in [3.63, 3.8) is 0 Å². The van der Waals surface area contributed by atoms with Gasteiger partial charge in [0, 0.05) is 11.9 Å². The number of rotatable bonds is 4. The minimum Gasteiger partial charge on any atom is -0.466 e. The molecule has 4 rings (SSSR count). The Bertz CT molecular complexity index is 914. The largest absolute Gasteiger partial charge is 0.466 e. The molecule has 2 aromatic rings. The number of hydrogen-bond donors (Lipinski definition) is 1. The fourth-order valence-corrected chi connectivity index (χ4v) is 4.92. The van der Waals surface area contributed by atoms with Gasteiger partial charge in [-0.05, 0) is 50.5 Å². The Morgan fingerprint density at radius 3 is 2.67 bits per heavy atom. The topological polar surface area (TPSA) is 63.6 Å². The molecule has 2 heterocycles. The zero-order valence-corrected chi connectivity index (χ0v) is 17.9. The van der Waals surface area contributed by atoms with Crippen LogP contribution in [0, 0.1) is 0 Å². The predicted molar refractivity (Wildman–Crippen MR) is 115 cm³/mol. The van der Waals surface area contributed by atoms with Gasteiger partial charge in [-0.2, -0.15) is 0 Å². The van der Waals surface area contributed by atoms with E-state index >= 15 is 0 Å². The SMILES string of the molecule is CCOC(=O)CC1(NC(=O)N2Cc3ccccc3-n3cccc3C2C)CCCCC1. The highest BCUT2D eigenvalue weighted by Gasteiger charge is 2.39. The number of benzene rings is 1. The normalized spacial score (nSPS) is 19.9.